The van der Waals surface area contributed by atoms with Gasteiger partial charge in [0.25, 0.3) is 0 Å². The van der Waals surface area contributed by atoms with Crippen LogP contribution in [0.3, 0.4) is 0 Å². The number of benzene rings is 2. The first-order chi connectivity index (χ1) is 18.7. The Balaban J connectivity index is 1.61. The first-order valence-electron chi connectivity index (χ1n) is 12.6. The van der Waals surface area contributed by atoms with Crippen molar-refractivity contribution in [1.29, 1.82) is 0 Å². The van der Waals surface area contributed by atoms with Crippen LogP contribution in [0.25, 0.3) is 5.57 Å². The van der Waals surface area contributed by atoms with Crippen LogP contribution in [0.2, 0.25) is 5.02 Å². The molecule has 0 N–H and O–H groups in total. The van der Waals surface area contributed by atoms with Crippen LogP contribution in [-0.4, -0.2) is 68.3 Å². The number of ether oxygens (including phenoxy) is 3. The second kappa shape index (κ2) is 11.4. The highest BCUT2D eigenvalue weighted by Crippen LogP contribution is 2.40. The van der Waals surface area contributed by atoms with E-state index in [4.69, 9.17) is 25.8 Å². The summed E-state index contributed by atoms with van der Waals surface area (Å²) in [6.45, 7) is 5.15. The summed E-state index contributed by atoms with van der Waals surface area (Å²) in [5.41, 5.74) is 1.35. The SMILES string of the molecule is COC(=O)C1=C(c2ccc(CCOc3c(F)ccc(F)c3Cl)cc2)CC2CS(=O)(=O)CC1N2C(=O)OC(C)(C)C. The van der Waals surface area contributed by atoms with E-state index in [9.17, 15) is 26.8 Å². The van der Waals surface area contributed by atoms with Gasteiger partial charge in [-0.25, -0.2) is 26.8 Å². The van der Waals surface area contributed by atoms with E-state index in [1.54, 1.807) is 45.0 Å². The number of methoxy groups -OCH3 is 1. The predicted molar refractivity (Wildman–Crippen MR) is 145 cm³/mol. The molecule has 2 bridgehead atoms. The third-order valence-corrected chi connectivity index (χ3v) is 8.70. The number of halogens is 3. The van der Waals surface area contributed by atoms with E-state index in [-0.39, 0.29) is 30.1 Å². The van der Waals surface area contributed by atoms with E-state index >= 15 is 0 Å². The maximum absolute atomic E-state index is 14.0. The lowest BCUT2D eigenvalue weighted by atomic mass is 9.85. The minimum Gasteiger partial charge on any atom is -0.488 e. The van der Waals surface area contributed by atoms with Crippen molar-refractivity contribution in [1.82, 2.24) is 4.90 Å². The number of carbonyl (C=O) groups excluding carboxylic acids is 2. The average Bonchev–Trinajstić information content (AvgIpc) is 2.86. The van der Waals surface area contributed by atoms with Gasteiger partial charge >= 0.3 is 12.1 Å². The van der Waals surface area contributed by atoms with Crippen molar-refractivity contribution in [3.63, 3.8) is 0 Å². The Bertz CT molecular complexity index is 1450. The Morgan fingerprint density at radius 3 is 2.33 bits per heavy atom. The van der Waals surface area contributed by atoms with Crippen LogP contribution < -0.4 is 4.74 Å². The summed E-state index contributed by atoms with van der Waals surface area (Å²) >= 11 is 5.80. The fourth-order valence-electron chi connectivity index (χ4n) is 4.96. The van der Waals surface area contributed by atoms with Crippen LogP contribution >= 0.6 is 11.6 Å². The molecular formula is C28H30ClF2NO7S. The van der Waals surface area contributed by atoms with Crippen molar-refractivity contribution in [2.24, 2.45) is 0 Å². The first-order valence-corrected chi connectivity index (χ1v) is 14.8. The molecule has 2 atom stereocenters. The Hall–Kier alpha value is -3.18. The topological polar surface area (TPSA) is 99.2 Å². The fraction of sp³-hybridized carbons (Fsp3) is 0.429. The third-order valence-electron chi connectivity index (χ3n) is 6.64. The van der Waals surface area contributed by atoms with Crippen LogP contribution in [0.15, 0.2) is 42.0 Å². The normalized spacial score (nSPS) is 20.2. The van der Waals surface area contributed by atoms with Crippen molar-refractivity contribution in [2.45, 2.75) is 51.3 Å². The zero-order valence-electron chi connectivity index (χ0n) is 22.5. The molecule has 2 aromatic rings. The summed E-state index contributed by atoms with van der Waals surface area (Å²) in [4.78, 5) is 27.5. The Morgan fingerprint density at radius 1 is 1.05 bits per heavy atom. The van der Waals surface area contributed by atoms with Crippen LogP contribution in [0.1, 0.15) is 38.3 Å². The molecular weight excluding hydrogens is 568 g/mol. The van der Waals surface area contributed by atoms with Crippen LogP contribution in [-0.2, 0) is 30.5 Å². The van der Waals surface area contributed by atoms with Gasteiger partial charge in [-0.05, 0) is 56.0 Å². The number of esters is 1. The van der Waals surface area contributed by atoms with E-state index in [1.807, 2.05) is 0 Å². The molecule has 1 saturated heterocycles. The van der Waals surface area contributed by atoms with E-state index in [2.05, 4.69) is 0 Å². The number of fused-ring (bicyclic) bond motifs is 2. The molecule has 12 heteroatoms. The molecule has 0 aliphatic carbocycles. The predicted octanol–water partition coefficient (Wildman–Crippen LogP) is 4.97. The summed E-state index contributed by atoms with van der Waals surface area (Å²) in [6.07, 6.45) is -0.229. The van der Waals surface area contributed by atoms with Crippen molar-refractivity contribution >= 4 is 39.1 Å². The molecule has 0 radical (unpaired) electrons. The largest absolute Gasteiger partial charge is 0.488 e. The molecule has 2 aliphatic heterocycles. The summed E-state index contributed by atoms with van der Waals surface area (Å²) in [7, 11) is -2.35. The van der Waals surface area contributed by atoms with Gasteiger partial charge in [-0.3, -0.25) is 4.90 Å². The molecule has 40 heavy (non-hydrogen) atoms. The summed E-state index contributed by atoms with van der Waals surface area (Å²) in [5.74, 6) is -3.32. The van der Waals surface area contributed by atoms with Crippen molar-refractivity contribution in [3.8, 4) is 5.75 Å². The number of hydrogen-bond donors (Lipinski definition) is 0. The van der Waals surface area contributed by atoms with Gasteiger partial charge in [-0.2, -0.15) is 0 Å². The molecule has 0 aromatic heterocycles. The van der Waals surface area contributed by atoms with Gasteiger partial charge in [0, 0.05) is 6.42 Å². The van der Waals surface area contributed by atoms with Gasteiger partial charge in [0.05, 0.1) is 42.9 Å². The highest BCUT2D eigenvalue weighted by atomic mass is 35.5. The Morgan fingerprint density at radius 2 is 1.70 bits per heavy atom. The second-order valence-corrected chi connectivity index (χ2v) is 13.2. The van der Waals surface area contributed by atoms with Gasteiger partial charge in [0.15, 0.2) is 21.4 Å². The second-order valence-electron chi connectivity index (χ2n) is 10.7. The molecule has 216 valence electrons. The molecule has 0 saturated carbocycles. The Kier molecular flexibility index (Phi) is 8.46. The Labute approximate surface area is 236 Å². The number of nitrogens with zero attached hydrogens (tertiary/aromatic N) is 1. The molecule has 0 spiro atoms. The molecule has 4 rings (SSSR count). The van der Waals surface area contributed by atoms with E-state index in [0.29, 0.717) is 17.6 Å². The maximum atomic E-state index is 14.0. The maximum Gasteiger partial charge on any atom is 0.411 e. The lowest BCUT2D eigenvalue weighted by molar-refractivity contribution is -0.136. The highest BCUT2D eigenvalue weighted by Gasteiger charge is 2.50. The van der Waals surface area contributed by atoms with Gasteiger partial charge < -0.3 is 14.2 Å². The number of carbonyl (C=O) groups is 2. The molecule has 2 aromatic carbocycles. The van der Waals surface area contributed by atoms with Crippen LogP contribution in [0.5, 0.6) is 5.75 Å². The summed E-state index contributed by atoms with van der Waals surface area (Å²) in [6, 6.07) is 7.20. The van der Waals surface area contributed by atoms with Gasteiger partial charge in [0.2, 0.25) is 0 Å². The zero-order chi connectivity index (χ0) is 29.4. The smallest absolute Gasteiger partial charge is 0.411 e. The standard InChI is InChI=1S/C28H30ClF2NO7S/c1-28(2,3)39-27(34)32-18-13-19(23(26(33)37-4)22(32)15-40(35,36)14-18)17-7-5-16(6-8-17)11-12-38-25-21(31)10-9-20(30)24(25)29/h5-10,18,22H,11-15H2,1-4H3. The zero-order valence-corrected chi connectivity index (χ0v) is 24.1. The first kappa shape index (κ1) is 29.8. The molecule has 2 aliphatic rings. The monoisotopic (exact) mass is 597 g/mol. The molecule has 1 amide bonds. The number of amides is 1. The van der Waals surface area contributed by atoms with E-state index in [0.717, 1.165) is 17.7 Å². The number of rotatable bonds is 6. The average molecular weight is 598 g/mol. The van der Waals surface area contributed by atoms with Gasteiger partial charge in [-0.1, -0.05) is 35.9 Å². The van der Waals surface area contributed by atoms with E-state index in [1.165, 1.54) is 12.0 Å². The molecule has 8 nitrogen and oxygen atoms in total. The lowest BCUT2D eigenvalue weighted by Crippen LogP contribution is -2.61. The highest BCUT2D eigenvalue weighted by molar-refractivity contribution is 7.91. The van der Waals surface area contributed by atoms with E-state index < -0.39 is 62.0 Å². The fourth-order valence-corrected chi connectivity index (χ4v) is 6.98. The minimum atomic E-state index is -3.55. The molecule has 1 fully saturated rings. The summed E-state index contributed by atoms with van der Waals surface area (Å²) in [5, 5.41) is -0.428. The number of sulfone groups is 1. The third kappa shape index (κ3) is 6.41. The van der Waals surface area contributed by atoms with Gasteiger partial charge in [-0.15, -0.1) is 0 Å². The van der Waals surface area contributed by atoms with Crippen LogP contribution in [0, 0.1) is 11.6 Å². The van der Waals surface area contributed by atoms with Crippen molar-refractivity contribution < 1.29 is 41.0 Å². The molecule has 2 unspecified atom stereocenters. The minimum absolute atomic E-state index is 0.0302. The number of hydrogen-bond acceptors (Lipinski definition) is 7. The van der Waals surface area contributed by atoms with Gasteiger partial charge in [0.1, 0.15) is 16.4 Å². The van der Waals surface area contributed by atoms with Crippen molar-refractivity contribution in [3.05, 3.63) is 69.8 Å². The quantitative estimate of drug-likeness (QED) is 0.342. The lowest BCUT2D eigenvalue weighted by Gasteiger charge is -2.46. The summed E-state index contributed by atoms with van der Waals surface area (Å²) < 4.78 is 69.0. The van der Waals surface area contributed by atoms with Crippen molar-refractivity contribution in [2.75, 3.05) is 25.2 Å². The molecule has 2 heterocycles. The van der Waals surface area contributed by atoms with Crippen LogP contribution in [0.4, 0.5) is 13.6 Å².